The Bertz CT molecular complexity index is 375. The topological polar surface area (TPSA) is 49.8 Å². The highest BCUT2D eigenvalue weighted by Crippen LogP contribution is 2.24. The van der Waals surface area contributed by atoms with Gasteiger partial charge in [0.25, 0.3) is 0 Å². The Morgan fingerprint density at radius 1 is 1.05 bits per heavy atom. The molecule has 0 bridgehead atoms. The van der Waals surface area contributed by atoms with Gasteiger partial charge in [-0.2, -0.15) is 0 Å². The van der Waals surface area contributed by atoms with Crippen molar-refractivity contribution in [3.05, 3.63) is 11.9 Å². The Morgan fingerprint density at radius 2 is 1.75 bits per heavy atom. The van der Waals surface area contributed by atoms with Gasteiger partial charge >= 0.3 is 0 Å². The maximum Gasteiger partial charge on any atom is 0.133 e. The number of nitrogens with zero attached hydrogens (tertiary/aromatic N) is 2. The van der Waals surface area contributed by atoms with Crippen LogP contribution in [0.1, 0.15) is 58.2 Å². The second-order valence-electron chi connectivity index (χ2n) is 5.72. The van der Waals surface area contributed by atoms with Crippen molar-refractivity contribution in [2.75, 3.05) is 23.7 Å². The number of aromatic nitrogens is 2. The molecule has 0 aromatic carbocycles. The predicted octanol–water partition coefficient (Wildman–Crippen LogP) is 3.85. The molecule has 1 aliphatic carbocycles. The van der Waals surface area contributed by atoms with E-state index in [2.05, 4.69) is 34.4 Å². The molecule has 0 spiro atoms. The summed E-state index contributed by atoms with van der Waals surface area (Å²) in [6.07, 6.45) is 8.93. The summed E-state index contributed by atoms with van der Waals surface area (Å²) in [5, 5.41) is 6.81. The van der Waals surface area contributed by atoms with Crippen LogP contribution in [0, 0.1) is 5.92 Å². The van der Waals surface area contributed by atoms with E-state index in [0.29, 0.717) is 0 Å². The molecule has 0 saturated heterocycles. The molecule has 1 heterocycles. The Morgan fingerprint density at radius 3 is 2.40 bits per heavy atom. The SMILES string of the molecule is CCCc1nc(NCC)cc(NCC2CCCCC2)n1. The molecule has 112 valence electrons. The van der Waals surface area contributed by atoms with Crippen molar-refractivity contribution >= 4 is 11.6 Å². The Labute approximate surface area is 122 Å². The monoisotopic (exact) mass is 276 g/mol. The first kappa shape index (κ1) is 15.1. The van der Waals surface area contributed by atoms with Gasteiger partial charge in [-0.05, 0) is 32.1 Å². The van der Waals surface area contributed by atoms with Crippen molar-refractivity contribution in [1.82, 2.24) is 9.97 Å². The van der Waals surface area contributed by atoms with E-state index in [-0.39, 0.29) is 0 Å². The maximum absolute atomic E-state index is 4.63. The molecule has 0 radical (unpaired) electrons. The lowest BCUT2D eigenvalue weighted by atomic mass is 9.89. The normalized spacial score (nSPS) is 16.1. The van der Waals surface area contributed by atoms with E-state index in [9.17, 15) is 0 Å². The molecular formula is C16H28N4. The van der Waals surface area contributed by atoms with Crippen LogP contribution in [0.25, 0.3) is 0 Å². The summed E-state index contributed by atoms with van der Waals surface area (Å²) in [4.78, 5) is 9.17. The molecule has 1 saturated carbocycles. The largest absolute Gasteiger partial charge is 0.370 e. The molecule has 2 rings (SSSR count). The minimum absolute atomic E-state index is 0.816. The summed E-state index contributed by atoms with van der Waals surface area (Å²) < 4.78 is 0. The van der Waals surface area contributed by atoms with Crippen LogP contribution in [-0.2, 0) is 6.42 Å². The molecule has 1 fully saturated rings. The van der Waals surface area contributed by atoms with E-state index in [1.54, 1.807) is 0 Å². The zero-order valence-corrected chi connectivity index (χ0v) is 12.9. The molecule has 0 amide bonds. The van der Waals surface area contributed by atoms with Crippen molar-refractivity contribution in [3.8, 4) is 0 Å². The minimum atomic E-state index is 0.816. The zero-order chi connectivity index (χ0) is 14.2. The van der Waals surface area contributed by atoms with Crippen molar-refractivity contribution in [3.63, 3.8) is 0 Å². The van der Waals surface area contributed by atoms with Crippen molar-refractivity contribution in [2.24, 2.45) is 5.92 Å². The number of anilines is 2. The lowest BCUT2D eigenvalue weighted by molar-refractivity contribution is 0.373. The van der Waals surface area contributed by atoms with Gasteiger partial charge in [0.1, 0.15) is 17.5 Å². The van der Waals surface area contributed by atoms with Crippen LogP contribution in [0.5, 0.6) is 0 Å². The van der Waals surface area contributed by atoms with Gasteiger partial charge in [-0.15, -0.1) is 0 Å². The third kappa shape index (κ3) is 4.66. The van der Waals surface area contributed by atoms with E-state index in [1.807, 2.05) is 6.07 Å². The zero-order valence-electron chi connectivity index (χ0n) is 12.9. The molecule has 4 nitrogen and oxygen atoms in total. The highest BCUT2D eigenvalue weighted by atomic mass is 15.1. The molecule has 0 atom stereocenters. The molecule has 2 N–H and O–H groups in total. The molecule has 1 aromatic heterocycles. The van der Waals surface area contributed by atoms with Gasteiger partial charge < -0.3 is 10.6 Å². The molecule has 20 heavy (non-hydrogen) atoms. The highest BCUT2D eigenvalue weighted by molar-refractivity contribution is 5.47. The second kappa shape index (κ2) is 8.08. The van der Waals surface area contributed by atoms with Crippen molar-refractivity contribution < 1.29 is 0 Å². The maximum atomic E-state index is 4.63. The van der Waals surface area contributed by atoms with Gasteiger partial charge in [0.2, 0.25) is 0 Å². The van der Waals surface area contributed by atoms with E-state index in [4.69, 9.17) is 0 Å². The van der Waals surface area contributed by atoms with E-state index in [1.165, 1.54) is 32.1 Å². The standard InChI is InChI=1S/C16H28N4/c1-3-8-14-19-15(17-4-2)11-16(20-14)18-12-13-9-6-5-7-10-13/h11,13H,3-10,12H2,1-2H3,(H2,17,18,19,20). The average molecular weight is 276 g/mol. The lowest BCUT2D eigenvalue weighted by Crippen LogP contribution is -2.18. The summed E-state index contributed by atoms with van der Waals surface area (Å²) in [6, 6.07) is 2.03. The number of hydrogen-bond acceptors (Lipinski definition) is 4. The number of rotatable bonds is 7. The Hall–Kier alpha value is -1.32. The fourth-order valence-corrected chi connectivity index (χ4v) is 2.83. The molecule has 1 aliphatic rings. The first-order chi connectivity index (χ1) is 9.81. The summed E-state index contributed by atoms with van der Waals surface area (Å²) >= 11 is 0. The van der Waals surface area contributed by atoms with Gasteiger partial charge in [-0.3, -0.25) is 0 Å². The summed E-state index contributed by atoms with van der Waals surface area (Å²) in [7, 11) is 0. The molecule has 4 heteroatoms. The van der Waals surface area contributed by atoms with E-state index >= 15 is 0 Å². The highest BCUT2D eigenvalue weighted by Gasteiger charge is 2.13. The fourth-order valence-electron chi connectivity index (χ4n) is 2.83. The van der Waals surface area contributed by atoms with Crippen LogP contribution < -0.4 is 10.6 Å². The number of nitrogens with one attached hydrogen (secondary N) is 2. The smallest absolute Gasteiger partial charge is 0.133 e. The van der Waals surface area contributed by atoms with Gasteiger partial charge in [-0.25, -0.2) is 9.97 Å². The van der Waals surface area contributed by atoms with Crippen LogP contribution in [0.2, 0.25) is 0 Å². The van der Waals surface area contributed by atoms with Crippen LogP contribution in [0.3, 0.4) is 0 Å². The Kier molecular flexibility index (Phi) is 6.09. The van der Waals surface area contributed by atoms with Gasteiger partial charge in [0.05, 0.1) is 0 Å². The van der Waals surface area contributed by atoms with Gasteiger partial charge in [0.15, 0.2) is 0 Å². The average Bonchev–Trinajstić information content (AvgIpc) is 2.47. The van der Waals surface area contributed by atoms with Crippen LogP contribution >= 0.6 is 0 Å². The van der Waals surface area contributed by atoms with Crippen molar-refractivity contribution in [2.45, 2.75) is 58.8 Å². The minimum Gasteiger partial charge on any atom is -0.370 e. The van der Waals surface area contributed by atoms with E-state index in [0.717, 1.165) is 49.3 Å². The number of hydrogen-bond donors (Lipinski definition) is 2. The van der Waals surface area contributed by atoms with Crippen LogP contribution in [-0.4, -0.2) is 23.1 Å². The molecule has 1 aromatic rings. The summed E-state index contributed by atoms with van der Waals surface area (Å²) in [5.74, 6) is 3.68. The molecular weight excluding hydrogens is 248 g/mol. The number of aryl methyl sites for hydroxylation is 1. The first-order valence-corrected chi connectivity index (χ1v) is 8.17. The van der Waals surface area contributed by atoms with Gasteiger partial charge in [-0.1, -0.05) is 26.2 Å². The van der Waals surface area contributed by atoms with Crippen LogP contribution in [0.15, 0.2) is 6.07 Å². The van der Waals surface area contributed by atoms with E-state index < -0.39 is 0 Å². The second-order valence-corrected chi connectivity index (χ2v) is 5.72. The molecule has 0 aliphatic heterocycles. The summed E-state index contributed by atoms with van der Waals surface area (Å²) in [5.41, 5.74) is 0. The quantitative estimate of drug-likeness (QED) is 0.794. The lowest BCUT2D eigenvalue weighted by Gasteiger charge is -2.22. The third-order valence-electron chi connectivity index (χ3n) is 3.90. The first-order valence-electron chi connectivity index (χ1n) is 8.17. The van der Waals surface area contributed by atoms with Gasteiger partial charge in [0, 0.05) is 25.6 Å². The van der Waals surface area contributed by atoms with Crippen molar-refractivity contribution in [1.29, 1.82) is 0 Å². The molecule has 0 unspecified atom stereocenters. The third-order valence-corrected chi connectivity index (χ3v) is 3.90. The fraction of sp³-hybridized carbons (Fsp3) is 0.750. The predicted molar refractivity (Wildman–Crippen MR) is 85.3 cm³/mol. The summed E-state index contributed by atoms with van der Waals surface area (Å²) in [6.45, 7) is 6.20. The van der Waals surface area contributed by atoms with Crippen LogP contribution in [0.4, 0.5) is 11.6 Å². The Balaban J connectivity index is 1.97.